The number of aromatic nitrogens is 2. The third kappa shape index (κ3) is 6.71. The molecule has 0 saturated carbocycles. The largest absolute Gasteiger partial charge is 0.481 e. The molecular weight excluding hydrogens is 467 g/mol. The van der Waals surface area contributed by atoms with Crippen molar-refractivity contribution in [2.45, 2.75) is 19.9 Å². The smallest absolute Gasteiger partial charge is 0.300 e. The van der Waals surface area contributed by atoms with Crippen LogP contribution in [0.15, 0.2) is 48.5 Å². The Morgan fingerprint density at radius 3 is 1.94 bits per heavy atom. The minimum absolute atomic E-state index is 0.223. The summed E-state index contributed by atoms with van der Waals surface area (Å²) in [6, 6.07) is 15.0. The first-order valence-electron chi connectivity index (χ1n) is 9.87. The maximum Gasteiger partial charge on any atom is 0.300 e. The molecule has 11 heteroatoms. The van der Waals surface area contributed by atoms with Crippen molar-refractivity contribution in [3.8, 4) is 0 Å². The molecule has 9 nitrogen and oxygen atoms in total. The highest BCUT2D eigenvalue weighted by atomic mass is 35.5. The van der Waals surface area contributed by atoms with Gasteiger partial charge in [-0.05, 0) is 35.4 Å². The van der Waals surface area contributed by atoms with Crippen LogP contribution in [-0.2, 0) is 9.59 Å². The lowest BCUT2D eigenvalue weighted by Crippen LogP contribution is -2.16. The second-order valence-electron chi connectivity index (χ2n) is 7.03. The van der Waals surface area contributed by atoms with Crippen molar-refractivity contribution in [3.63, 3.8) is 0 Å². The van der Waals surface area contributed by atoms with Gasteiger partial charge in [0.25, 0.3) is 5.97 Å². The van der Waals surface area contributed by atoms with Crippen LogP contribution in [0, 0.1) is 0 Å². The zero-order chi connectivity index (χ0) is 24.0. The van der Waals surface area contributed by atoms with Gasteiger partial charge in [-0.3, -0.25) is 14.9 Å². The van der Waals surface area contributed by atoms with Gasteiger partial charge < -0.3 is 21.1 Å². The Labute approximate surface area is 200 Å². The molecule has 172 valence electrons. The average Bonchev–Trinajstić information content (AvgIpc) is 3.21. The lowest BCUT2D eigenvalue weighted by Gasteiger charge is -2.22. The predicted molar refractivity (Wildman–Crippen MR) is 130 cm³/mol. The fraction of sp³-hybridized carbons (Fsp3) is 0.182. The molecule has 3 aromatic rings. The molecule has 0 fully saturated rings. The van der Waals surface area contributed by atoms with E-state index in [1.165, 1.54) is 6.92 Å². The molecule has 1 amide bonds. The van der Waals surface area contributed by atoms with E-state index >= 15 is 0 Å². The number of carbonyl (C=O) groups is 2. The summed E-state index contributed by atoms with van der Waals surface area (Å²) in [6.45, 7) is 3.02. The number of carboxylic acids is 1. The number of fused-ring (bicyclic) bond motifs is 1. The van der Waals surface area contributed by atoms with Gasteiger partial charge in [0.05, 0.1) is 12.7 Å². The van der Waals surface area contributed by atoms with Crippen molar-refractivity contribution in [3.05, 3.63) is 69.7 Å². The van der Waals surface area contributed by atoms with Crippen molar-refractivity contribution in [1.82, 2.24) is 9.97 Å². The van der Waals surface area contributed by atoms with Crippen LogP contribution in [-0.4, -0.2) is 33.6 Å². The van der Waals surface area contributed by atoms with Gasteiger partial charge in [0, 0.05) is 23.9 Å². The number of amides is 1. The van der Waals surface area contributed by atoms with Crippen LogP contribution in [0.5, 0.6) is 0 Å². The van der Waals surface area contributed by atoms with E-state index in [9.17, 15) is 4.79 Å². The molecule has 1 aliphatic heterocycles. The van der Waals surface area contributed by atoms with Gasteiger partial charge in [-0.1, -0.05) is 47.5 Å². The second kappa shape index (κ2) is 10.8. The Hall–Kier alpha value is -3.56. The SMILES string of the molecule is CC(=O)Nc1nc2c(c(NC(c3ccc(Cl)cc3)c3ccc(Cl)cc3)n1)NCN2.CC(=O)O. The quantitative estimate of drug-likeness (QED) is 0.345. The van der Waals surface area contributed by atoms with Gasteiger partial charge in [0.15, 0.2) is 11.6 Å². The van der Waals surface area contributed by atoms with E-state index in [0.717, 1.165) is 23.7 Å². The molecule has 0 saturated heterocycles. The summed E-state index contributed by atoms with van der Waals surface area (Å²) in [4.78, 5) is 29.3. The van der Waals surface area contributed by atoms with Crippen molar-refractivity contribution in [2.75, 3.05) is 27.9 Å². The normalized spacial score (nSPS) is 11.4. The number of carbonyl (C=O) groups excluding carboxylic acids is 1. The number of nitrogens with zero attached hydrogens (tertiary/aromatic N) is 2. The van der Waals surface area contributed by atoms with E-state index < -0.39 is 5.97 Å². The minimum Gasteiger partial charge on any atom is -0.481 e. The highest BCUT2D eigenvalue weighted by molar-refractivity contribution is 6.30. The summed E-state index contributed by atoms with van der Waals surface area (Å²) in [6.07, 6.45) is 0. The lowest BCUT2D eigenvalue weighted by molar-refractivity contribution is -0.134. The maximum atomic E-state index is 11.5. The Morgan fingerprint density at radius 1 is 0.939 bits per heavy atom. The summed E-state index contributed by atoms with van der Waals surface area (Å²) in [5, 5.41) is 21.2. The van der Waals surface area contributed by atoms with Crippen LogP contribution in [0.1, 0.15) is 31.0 Å². The molecule has 33 heavy (non-hydrogen) atoms. The first-order chi connectivity index (χ1) is 15.7. The summed E-state index contributed by atoms with van der Waals surface area (Å²) in [5.41, 5.74) is 2.74. The van der Waals surface area contributed by atoms with Crippen molar-refractivity contribution in [1.29, 1.82) is 0 Å². The van der Waals surface area contributed by atoms with Gasteiger partial charge in [0.2, 0.25) is 11.9 Å². The van der Waals surface area contributed by atoms with Gasteiger partial charge in [-0.25, -0.2) is 0 Å². The van der Waals surface area contributed by atoms with E-state index in [1.54, 1.807) is 0 Å². The summed E-state index contributed by atoms with van der Waals surface area (Å²) in [7, 11) is 0. The van der Waals surface area contributed by atoms with Crippen LogP contribution in [0.2, 0.25) is 10.0 Å². The number of nitrogens with one attached hydrogen (secondary N) is 4. The molecule has 0 spiro atoms. The first-order valence-corrected chi connectivity index (χ1v) is 10.6. The zero-order valence-corrected chi connectivity index (χ0v) is 19.3. The molecular formula is C22H22Cl2N6O3. The summed E-state index contributed by atoms with van der Waals surface area (Å²) >= 11 is 12.1. The number of hydrogen-bond donors (Lipinski definition) is 5. The monoisotopic (exact) mass is 488 g/mol. The molecule has 0 atom stereocenters. The van der Waals surface area contributed by atoms with Crippen LogP contribution in [0.4, 0.5) is 23.3 Å². The van der Waals surface area contributed by atoms with E-state index in [2.05, 4.69) is 31.2 Å². The van der Waals surface area contributed by atoms with Gasteiger partial charge in [-0.2, -0.15) is 9.97 Å². The zero-order valence-electron chi connectivity index (χ0n) is 17.8. The number of anilines is 4. The lowest BCUT2D eigenvalue weighted by atomic mass is 9.98. The van der Waals surface area contributed by atoms with Crippen molar-refractivity contribution >= 4 is 58.3 Å². The summed E-state index contributed by atoms with van der Waals surface area (Å²) in [5.74, 6) is 0.339. The van der Waals surface area contributed by atoms with Gasteiger partial charge in [-0.15, -0.1) is 0 Å². The van der Waals surface area contributed by atoms with E-state index in [4.69, 9.17) is 33.1 Å². The number of carboxylic acid groups (broad SMARTS) is 1. The molecule has 0 unspecified atom stereocenters. The van der Waals surface area contributed by atoms with Crippen LogP contribution < -0.4 is 21.3 Å². The molecule has 4 rings (SSSR count). The van der Waals surface area contributed by atoms with E-state index in [1.807, 2.05) is 48.5 Å². The van der Waals surface area contributed by atoms with Crippen LogP contribution >= 0.6 is 23.2 Å². The topological polar surface area (TPSA) is 128 Å². The molecule has 0 bridgehead atoms. The Bertz CT molecular complexity index is 1090. The number of halogens is 2. The van der Waals surface area contributed by atoms with Crippen molar-refractivity contribution < 1.29 is 14.7 Å². The number of hydrogen-bond acceptors (Lipinski definition) is 7. The third-order valence-electron chi connectivity index (χ3n) is 4.41. The number of aliphatic carboxylic acids is 1. The highest BCUT2D eigenvalue weighted by Crippen LogP contribution is 2.36. The molecule has 5 N–H and O–H groups in total. The standard InChI is InChI=1S/C20H18Cl2N6O.C2H4O2/c1-11(29)25-20-27-18-17(23-10-24-18)19(28-20)26-16(12-2-6-14(21)7-3-12)13-4-8-15(22)9-5-13;1-2(3)4/h2-9,16,23H,10H2,1H3,(H3,24,25,26,27,28,29);1H3,(H,3,4). The maximum absolute atomic E-state index is 11.5. The Balaban J connectivity index is 0.000000709. The molecule has 0 aliphatic carbocycles. The van der Waals surface area contributed by atoms with E-state index in [0.29, 0.717) is 28.3 Å². The molecule has 2 heterocycles. The number of rotatable bonds is 5. The molecule has 1 aliphatic rings. The average molecular weight is 489 g/mol. The van der Waals surface area contributed by atoms with Gasteiger partial charge >= 0.3 is 0 Å². The summed E-state index contributed by atoms with van der Waals surface area (Å²) < 4.78 is 0. The Morgan fingerprint density at radius 2 is 1.45 bits per heavy atom. The molecule has 0 radical (unpaired) electrons. The Kier molecular flexibility index (Phi) is 7.92. The fourth-order valence-electron chi connectivity index (χ4n) is 3.10. The van der Waals surface area contributed by atoms with Gasteiger partial charge in [0.1, 0.15) is 5.69 Å². The highest BCUT2D eigenvalue weighted by Gasteiger charge is 2.23. The second-order valence-corrected chi connectivity index (χ2v) is 7.90. The molecule has 1 aromatic heterocycles. The predicted octanol–water partition coefficient (Wildman–Crippen LogP) is 4.83. The minimum atomic E-state index is -0.833. The van der Waals surface area contributed by atoms with Crippen LogP contribution in [0.3, 0.4) is 0 Å². The van der Waals surface area contributed by atoms with E-state index in [-0.39, 0.29) is 17.9 Å². The third-order valence-corrected chi connectivity index (χ3v) is 4.91. The van der Waals surface area contributed by atoms with Crippen molar-refractivity contribution in [2.24, 2.45) is 0 Å². The molecule has 2 aromatic carbocycles. The fourth-order valence-corrected chi connectivity index (χ4v) is 3.35. The number of benzene rings is 2. The first kappa shape index (κ1) is 24.1. The van der Waals surface area contributed by atoms with Crippen LogP contribution in [0.25, 0.3) is 0 Å².